The minimum absolute atomic E-state index is 0.0915. The molecule has 0 aliphatic rings. The Labute approximate surface area is 119 Å². The molecule has 5 nitrogen and oxygen atoms in total. The van der Waals surface area contributed by atoms with Gasteiger partial charge in [-0.2, -0.15) is 0 Å². The molecular formula is C15H20N4O. The van der Waals surface area contributed by atoms with Gasteiger partial charge in [-0.3, -0.25) is 0 Å². The highest BCUT2D eigenvalue weighted by Crippen LogP contribution is 2.17. The number of urea groups is 1. The minimum Gasteiger partial charge on any atom is -0.325 e. The Morgan fingerprint density at radius 1 is 1.10 bits per heavy atom. The number of fused-ring (bicyclic) bond motifs is 1. The molecular weight excluding hydrogens is 252 g/mol. The van der Waals surface area contributed by atoms with E-state index in [-0.39, 0.29) is 6.03 Å². The molecule has 5 heteroatoms. The molecule has 2 aromatic rings. The van der Waals surface area contributed by atoms with Gasteiger partial charge in [-0.25, -0.2) is 14.8 Å². The number of amides is 2. The van der Waals surface area contributed by atoms with Gasteiger partial charge in [0.25, 0.3) is 0 Å². The fourth-order valence-electron chi connectivity index (χ4n) is 2.02. The van der Waals surface area contributed by atoms with E-state index in [0.717, 1.165) is 28.1 Å². The van der Waals surface area contributed by atoms with Crippen LogP contribution in [0.25, 0.3) is 11.0 Å². The van der Waals surface area contributed by atoms with E-state index in [1.165, 1.54) is 0 Å². The maximum atomic E-state index is 12.0. The molecule has 0 unspecified atom stereocenters. The lowest BCUT2D eigenvalue weighted by Gasteiger charge is -2.19. The third-order valence-corrected chi connectivity index (χ3v) is 3.38. The number of benzene rings is 1. The molecule has 1 heterocycles. The van der Waals surface area contributed by atoms with Crippen LogP contribution in [0, 0.1) is 13.8 Å². The summed E-state index contributed by atoms with van der Waals surface area (Å²) in [5, 5.41) is 2.89. The van der Waals surface area contributed by atoms with E-state index in [1.54, 1.807) is 4.90 Å². The van der Waals surface area contributed by atoms with Gasteiger partial charge < -0.3 is 10.2 Å². The summed E-state index contributed by atoms with van der Waals surface area (Å²) in [5.74, 6) is 0. The second kappa shape index (κ2) is 5.86. The van der Waals surface area contributed by atoms with Crippen LogP contribution in [0.2, 0.25) is 0 Å². The summed E-state index contributed by atoms with van der Waals surface area (Å²) in [6.45, 7) is 9.17. The fraction of sp³-hybridized carbons (Fsp3) is 0.400. The molecule has 0 atom stereocenters. The summed E-state index contributed by atoms with van der Waals surface area (Å²) in [6, 6.07) is 5.50. The van der Waals surface area contributed by atoms with Crippen molar-refractivity contribution in [3.63, 3.8) is 0 Å². The monoisotopic (exact) mass is 272 g/mol. The lowest BCUT2D eigenvalue weighted by Crippen LogP contribution is -2.34. The highest BCUT2D eigenvalue weighted by Gasteiger charge is 2.10. The van der Waals surface area contributed by atoms with Gasteiger partial charge in [0, 0.05) is 18.8 Å². The molecule has 20 heavy (non-hydrogen) atoms. The summed E-state index contributed by atoms with van der Waals surface area (Å²) in [6.07, 6.45) is 0. The van der Waals surface area contributed by atoms with Crippen molar-refractivity contribution in [1.29, 1.82) is 0 Å². The summed E-state index contributed by atoms with van der Waals surface area (Å²) < 4.78 is 0. The molecule has 0 bridgehead atoms. The minimum atomic E-state index is -0.0915. The van der Waals surface area contributed by atoms with Crippen LogP contribution < -0.4 is 5.32 Å². The van der Waals surface area contributed by atoms with Crippen molar-refractivity contribution in [1.82, 2.24) is 14.9 Å². The second-order valence-electron chi connectivity index (χ2n) is 4.70. The van der Waals surface area contributed by atoms with E-state index in [0.29, 0.717) is 13.1 Å². The molecule has 0 fully saturated rings. The van der Waals surface area contributed by atoms with Crippen LogP contribution in [0.4, 0.5) is 10.5 Å². The molecule has 1 N–H and O–H groups in total. The van der Waals surface area contributed by atoms with E-state index < -0.39 is 0 Å². The van der Waals surface area contributed by atoms with Crippen LogP contribution >= 0.6 is 0 Å². The first-order valence-electron chi connectivity index (χ1n) is 6.86. The van der Waals surface area contributed by atoms with Crippen molar-refractivity contribution in [2.24, 2.45) is 0 Å². The zero-order chi connectivity index (χ0) is 14.7. The van der Waals surface area contributed by atoms with Crippen LogP contribution in [0.3, 0.4) is 0 Å². The molecule has 0 aliphatic heterocycles. The highest BCUT2D eigenvalue weighted by atomic mass is 16.2. The number of aromatic nitrogens is 2. The first-order valence-corrected chi connectivity index (χ1v) is 6.86. The van der Waals surface area contributed by atoms with Crippen LogP contribution in [0.15, 0.2) is 18.2 Å². The number of nitrogens with zero attached hydrogens (tertiary/aromatic N) is 3. The van der Waals surface area contributed by atoms with Crippen LogP contribution in [-0.2, 0) is 0 Å². The van der Waals surface area contributed by atoms with Crippen LogP contribution in [0.5, 0.6) is 0 Å². The molecule has 0 spiro atoms. The maximum absolute atomic E-state index is 12.0. The number of anilines is 1. The SMILES string of the molecule is CCN(CC)C(=O)Nc1ccc2nc(C)c(C)nc2c1. The van der Waals surface area contributed by atoms with Gasteiger partial charge in [0.05, 0.1) is 22.4 Å². The smallest absolute Gasteiger partial charge is 0.321 e. The lowest BCUT2D eigenvalue weighted by molar-refractivity contribution is 0.217. The molecule has 0 radical (unpaired) electrons. The Morgan fingerprint density at radius 3 is 2.30 bits per heavy atom. The molecule has 1 aromatic carbocycles. The molecule has 2 rings (SSSR count). The molecule has 0 saturated carbocycles. The van der Waals surface area contributed by atoms with Crippen LogP contribution in [-0.4, -0.2) is 34.0 Å². The highest BCUT2D eigenvalue weighted by molar-refractivity contribution is 5.91. The molecule has 2 amide bonds. The Balaban J connectivity index is 2.28. The number of carbonyl (C=O) groups is 1. The average Bonchev–Trinajstić information content (AvgIpc) is 2.42. The number of nitrogens with one attached hydrogen (secondary N) is 1. The van der Waals surface area contributed by atoms with E-state index in [4.69, 9.17) is 0 Å². The standard InChI is InChI=1S/C15H20N4O/c1-5-19(6-2)15(20)18-12-7-8-13-14(9-12)17-11(4)10(3)16-13/h7-9H,5-6H2,1-4H3,(H,18,20). The number of hydrogen-bond donors (Lipinski definition) is 1. The van der Waals surface area contributed by atoms with Gasteiger partial charge >= 0.3 is 6.03 Å². The second-order valence-corrected chi connectivity index (χ2v) is 4.70. The van der Waals surface area contributed by atoms with Crippen LogP contribution in [0.1, 0.15) is 25.2 Å². The summed E-state index contributed by atoms with van der Waals surface area (Å²) in [7, 11) is 0. The molecule has 1 aromatic heterocycles. The van der Waals surface area contributed by atoms with E-state index >= 15 is 0 Å². The number of hydrogen-bond acceptors (Lipinski definition) is 3. The predicted octanol–water partition coefficient (Wildman–Crippen LogP) is 3.12. The van der Waals surface area contributed by atoms with Crippen molar-refractivity contribution < 1.29 is 4.79 Å². The van der Waals surface area contributed by atoms with Gasteiger partial charge in [-0.05, 0) is 45.9 Å². The summed E-state index contributed by atoms with van der Waals surface area (Å²) >= 11 is 0. The van der Waals surface area contributed by atoms with Crippen molar-refractivity contribution in [3.05, 3.63) is 29.6 Å². The summed E-state index contributed by atoms with van der Waals surface area (Å²) in [5.41, 5.74) is 4.22. The molecule has 106 valence electrons. The number of aryl methyl sites for hydroxylation is 2. The first kappa shape index (κ1) is 14.2. The van der Waals surface area contributed by atoms with Crippen molar-refractivity contribution in [2.75, 3.05) is 18.4 Å². The first-order chi connectivity index (χ1) is 9.55. The van der Waals surface area contributed by atoms with Gasteiger partial charge in [0.15, 0.2) is 0 Å². The number of rotatable bonds is 3. The molecule has 0 aliphatic carbocycles. The third-order valence-electron chi connectivity index (χ3n) is 3.38. The Kier molecular flexibility index (Phi) is 4.17. The third kappa shape index (κ3) is 2.87. The zero-order valence-corrected chi connectivity index (χ0v) is 12.4. The van der Waals surface area contributed by atoms with Gasteiger partial charge in [-0.15, -0.1) is 0 Å². The Morgan fingerprint density at radius 2 is 1.70 bits per heavy atom. The quantitative estimate of drug-likeness (QED) is 0.934. The van der Waals surface area contributed by atoms with Crippen molar-refractivity contribution in [2.45, 2.75) is 27.7 Å². The zero-order valence-electron chi connectivity index (χ0n) is 12.4. The Bertz CT molecular complexity index is 635. The van der Waals surface area contributed by atoms with E-state index in [9.17, 15) is 4.79 Å². The largest absolute Gasteiger partial charge is 0.325 e. The lowest BCUT2D eigenvalue weighted by atomic mass is 10.2. The van der Waals surface area contributed by atoms with Crippen molar-refractivity contribution in [3.8, 4) is 0 Å². The average molecular weight is 272 g/mol. The summed E-state index contributed by atoms with van der Waals surface area (Å²) in [4.78, 5) is 22.7. The fourth-order valence-corrected chi connectivity index (χ4v) is 2.02. The topological polar surface area (TPSA) is 58.1 Å². The maximum Gasteiger partial charge on any atom is 0.321 e. The normalized spacial score (nSPS) is 10.6. The van der Waals surface area contributed by atoms with Gasteiger partial charge in [0.1, 0.15) is 0 Å². The molecule has 0 saturated heterocycles. The predicted molar refractivity (Wildman–Crippen MR) is 81.0 cm³/mol. The van der Waals surface area contributed by atoms with Crippen molar-refractivity contribution >= 4 is 22.8 Å². The van der Waals surface area contributed by atoms with E-state index in [2.05, 4.69) is 15.3 Å². The van der Waals surface area contributed by atoms with Gasteiger partial charge in [0.2, 0.25) is 0 Å². The number of carbonyl (C=O) groups excluding carboxylic acids is 1. The Hall–Kier alpha value is -2.17. The van der Waals surface area contributed by atoms with E-state index in [1.807, 2.05) is 45.9 Å². The van der Waals surface area contributed by atoms with Gasteiger partial charge in [-0.1, -0.05) is 0 Å².